The van der Waals surface area contributed by atoms with Crippen LogP contribution in [0.2, 0.25) is 0 Å². The number of nitrogens with one attached hydrogen (secondary N) is 1. The summed E-state index contributed by atoms with van der Waals surface area (Å²) in [6, 6.07) is 6.19. The molecule has 2 saturated carbocycles. The third-order valence-corrected chi connectivity index (χ3v) is 9.45. The zero-order valence-electron chi connectivity index (χ0n) is 22.5. The minimum Gasteiger partial charge on any atom is -0.351 e. The number of carbonyl (C=O) groups excluding carboxylic acids is 1. The number of aromatic nitrogens is 2. The predicted octanol–water partition coefficient (Wildman–Crippen LogP) is 5.47. The summed E-state index contributed by atoms with van der Waals surface area (Å²) >= 11 is 0. The summed E-state index contributed by atoms with van der Waals surface area (Å²) in [6.07, 6.45) is 7.02. The average molecular weight is 549 g/mol. The lowest BCUT2D eigenvalue weighted by Gasteiger charge is -2.39. The fourth-order valence-corrected chi connectivity index (χ4v) is 7.69. The number of amides is 1. The van der Waals surface area contributed by atoms with Crippen LogP contribution in [0.5, 0.6) is 0 Å². The Morgan fingerprint density at radius 2 is 1.98 bits per heavy atom. The highest BCUT2D eigenvalue weighted by Gasteiger charge is 2.49. The fourth-order valence-electron chi connectivity index (χ4n) is 7.69. The number of benzene rings is 1. The topological polar surface area (TPSA) is 67.2 Å². The van der Waals surface area contributed by atoms with Crippen molar-refractivity contribution in [2.75, 3.05) is 11.4 Å². The van der Waals surface area contributed by atoms with Gasteiger partial charge in [-0.25, -0.2) is 18.2 Å². The van der Waals surface area contributed by atoms with Gasteiger partial charge in [-0.05, 0) is 81.5 Å². The Morgan fingerprint density at radius 3 is 2.73 bits per heavy atom. The zero-order valence-corrected chi connectivity index (χ0v) is 22.5. The number of carbonyl (C=O) groups is 1. The van der Waals surface area contributed by atoms with E-state index in [-0.39, 0.29) is 34.9 Å². The number of fused-ring (bicyclic) bond motifs is 2. The van der Waals surface area contributed by atoms with Crippen molar-refractivity contribution in [2.24, 2.45) is 17.8 Å². The molecule has 40 heavy (non-hydrogen) atoms. The number of anilines is 1. The quantitative estimate of drug-likeness (QED) is 0.440. The molecule has 9 heteroatoms. The molecular weight excluding hydrogens is 517 g/mol. The molecule has 0 spiro atoms. The van der Waals surface area contributed by atoms with Gasteiger partial charge in [-0.3, -0.25) is 14.2 Å². The van der Waals surface area contributed by atoms with E-state index < -0.39 is 34.7 Å². The van der Waals surface area contributed by atoms with E-state index in [2.05, 4.69) is 16.4 Å². The Hall–Kier alpha value is -3.62. The minimum absolute atomic E-state index is 0.0523. The lowest BCUT2D eigenvalue weighted by molar-refractivity contribution is 0.0910. The van der Waals surface area contributed by atoms with Crippen molar-refractivity contribution in [3.05, 3.63) is 75.6 Å². The van der Waals surface area contributed by atoms with Gasteiger partial charge in [-0.1, -0.05) is 11.6 Å². The van der Waals surface area contributed by atoms with Gasteiger partial charge in [0.2, 0.25) is 5.43 Å². The molecule has 1 N–H and O–H groups in total. The molecule has 3 aliphatic carbocycles. The van der Waals surface area contributed by atoms with E-state index in [0.717, 1.165) is 37.3 Å². The number of hydrogen-bond acceptors (Lipinski definition) is 4. The van der Waals surface area contributed by atoms with Gasteiger partial charge in [0, 0.05) is 24.7 Å². The second kappa shape index (κ2) is 8.94. The van der Waals surface area contributed by atoms with Crippen LogP contribution in [0.4, 0.5) is 19.0 Å². The Bertz CT molecular complexity index is 1650. The van der Waals surface area contributed by atoms with Crippen molar-refractivity contribution < 1.29 is 18.0 Å². The molecule has 6 nitrogen and oxygen atoms in total. The second-order valence-corrected chi connectivity index (χ2v) is 12.4. The number of hydrogen-bond donors (Lipinski definition) is 1. The molecule has 1 aliphatic heterocycles. The molecule has 4 unspecified atom stereocenters. The van der Waals surface area contributed by atoms with Crippen LogP contribution in [0.1, 0.15) is 56.3 Å². The molecule has 3 aromatic rings. The van der Waals surface area contributed by atoms with Gasteiger partial charge in [0.1, 0.15) is 29.2 Å². The maximum atomic E-state index is 15.1. The summed E-state index contributed by atoms with van der Waals surface area (Å²) in [5.74, 6) is 0.199. The molecule has 1 saturated heterocycles. The smallest absolute Gasteiger partial charge is 0.257 e. The van der Waals surface area contributed by atoms with Crippen molar-refractivity contribution >= 4 is 22.8 Å². The molecule has 4 aliphatic rings. The fraction of sp³-hybridized carbons (Fsp3) is 0.452. The van der Waals surface area contributed by atoms with E-state index >= 15 is 4.39 Å². The van der Waals surface area contributed by atoms with E-state index in [1.54, 1.807) is 17.0 Å². The van der Waals surface area contributed by atoms with Crippen LogP contribution >= 0.6 is 0 Å². The zero-order chi connectivity index (χ0) is 27.9. The average Bonchev–Trinajstić information content (AvgIpc) is 3.36. The SMILES string of the molecule is C[C@@H]1C[C@H](F)CN1c1ccc2c(=O)c(C(=O)NC3(C)C=C4CC5CC(CC45)C3)cn(-c3ccc(F)cc3F)c2n1. The Morgan fingerprint density at radius 1 is 1.15 bits per heavy atom. The van der Waals surface area contributed by atoms with Crippen molar-refractivity contribution in [3.8, 4) is 5.69 Å². The summed E-state index contributed by atoms with van der Waals surface area (Å²) < 4.78 is 44.3. The highest BCUT2D eigenvalue weighted by Crippen LogP contribution is 2.57. The van der Waals surface area contributed by atoms with Crippen LogP contribution in [0.15, 0.2) is 53.0 Å². The standard InChI is InChI=1S/C31H31F3N4O2/c1-16-7-21(33)14-37(16)27-6-4-22-28(39)24(15-38(29(22)35-27)26-5-3-20(32)11-25(26)34)30(40)36-31(2)12-17-8-18-10-19(13-31)23(18)9-17/h3-6,11,13,15-18,21,23H,7-10,12,14H2,1-2H3,(H,36,40)/t16-,17?,18?,21+,23?,31?/m1/s1. The van der Waals surface area contributed by atoms with E-state index in [0.29, 0.717) is 24.1 Å². The molecule has 3 fully saturated rings. The summed E-state index contributed by atoms with van der Waals surface area (Å²) in [4.78, 5) is 33.9. The highest BCUT2D eigenvalue weighted by atomic mass is 19.1. The summed E-state index contributed by atoms with van der Waals surface area (Å²) in [5.41, 5.74) is 0.174. The molecule has 2 bridgehead atoms. The monoisotopic (exact) mass is 548 g/mol. The third kappa shape index (κ3) is 4.04. The molecule has 3 heterocycles. The molecule has 2 aromatic heterocycles. The van der Waals surface area contributed by atoms with Crippen LogP contribution in [-0.4, -0.2) is 39.8 Å². The largest absolute Gasteiger partial charge is 0.351 e. The molecule has 1 amide bonds. The molecule has 1 aromatic carbocycles. The van der Waals surface area contributed by atoms with Gasteiger partial charge < -0.3 is 10.2 Å². The van der Waals surface area contributed by atoms with E-state index in [4.69, 9.17) is 0 Å². The Labute approximate surface area is 229 Å². The lowest BCUT2D eigenvalue weighted by atomic mass is 9.69. The number of rotatable bonds is 4. The van der Waals surface area contributed by atoms with Crippen LogP contribution in [0, 0.1) is 29.4 Å². The second-order valence-electron chi connectivity index (χ2n) is 12.4. The van der Waals surface area contributed by atoms with Crippen LogP contribution in [0.25, 0.3) is 16.7 Å². The number of nitrogens with zero attached hydrogens (tertiary/aromatic N) is 3. The summed E-state index contributed by atoms with van der Waals surface area (Å²) in [7, 11) is 0. The number of halogens is 3. The maximum Gasteiger partial charge on any atom is 0.257 e. The first-order chi connectivity index (χ1) is 19.1. The molecular formula is C31H31F3N4O2. The van der Waals surface area contributed by atoms with E-state index in [1.165, 1.54) is 28.8 Å². The van der Waals surface area contributed by atoms with Gasteiger partial charge in [0.15, 0.2) is 5.65 Å². The minimum atomic E-state index is -1.00. The number of pyridine rings is 2. The Balaban J connectivity index is 1.34. The van der Waals surface area contributed by atoms with Crippen LogP contribution < -0.4 is 15.6 Å². The van der Waals surface area contributed by atoms with Crippen molar-refractivity contribution in [2.45, 2.75) is 63.7 Å². The van der Waals surface area contributed by atoms with Crippen LogP contribution in [0.3, 0.4) is 0 Å². The van der Waals surface area contributed by atoms with Crippen molar-refractivity contribution in [1.29, 1.82) is 0 Å². The van der Waals surface area contributed by atoms with Crippen molar-refractivity contribution in [3.63, 3.8) is 0 Å². The lowest BCUT2D eigenvalue weighted by Crippen LogP contribution is -2.48. The van der Waals surface area contributed by atoms with Gasteiger partial charge in [0.05, 0.1) is 23.2 Å². The molecule has 208 valence electrons. The first-order valence-electron chi connectivity index (χ1n) is 14.1. The van der Waals surface area contributed by atoms with Gasteiger partial charge in [-0.2, -0.15) is 0 Å². The van der Waals surface area contributed by atoms with Crippen molar-refractivity contribution in [1.82, 2.24) is 14.9 Å². The predicted molar refractivity (Wildman–Crippen MR) is 146 cm³/mol. The summed E-state index contributed by atoms with van der Waals surface area (Å²) in [6.45, 7) is 4.05. The van der Waals surface area contributed by atoms with Gasteiger partial charge in [-0.15, -0.1) is 0 Å². The first-order valence-corrected chi connectivity index (χ1v) is 14.1. The molecule has 6 atom stereocenters. The third-order valence-electron chi connectivity index (χ3n) is 9.45. The molecule has 0 radical (unpaired) electrons. The van der Waals surface area contributed by atoms with Gasteiger partial charge in [0.25, 0.3) is 5.91 Å². The number of allylic oxidation sites excluding steroid dienone is 1. The summed E-state index contributed by atoms with van der Waals surface area (Å²) in [5, 5.41) is 3.23. The highest BCUT2D eigenvalue weighted by molar-refractivity contribution is 5.98. The van der Waals surface area contributed by atoms with E-state index in [1.807, 2.05) is 13.8 Å². The maximum absolute atomic E-state index is 15.1. The first kappa shape index (κ1) is 25.4. The van der Waals surface area contributed by atoms with Gasteiger partial charge >= 0.3 is 0 Å². The van der Waals surface area contributed by atoms with E-state index in [9.17, 15) is 18.4 Å². The Kier molecular flexibility index (Phi) is 5.67. The van der Waals surface area contributed by atoms with Crippen LogP contribution in [-0.2, 0) is 0 Å². The molecule has 7 rings (SSSR count). The normalized spacial score (nSPS) is 30.7. The number of alkyl halides is 1.